The van der Waals surface area contributed by atoms with Gasteiger partial charge in [-0.1, -0.05) is 0 Å². The number of hydrogen-bond acceptors (Lipinski definition) is 4. The van der Waals surface area contributed by atoms with Gasteiger partial charge in [0.2, 0.25) is 0 Å². The summed E-state index contributed by atoms with van der Waals surface area (Å²) in [4.78, 5) is 11.7. The largest absolute Gasteiger partial charge is 0.397 e. The third kappa shape index (κ3) is 3.30. The normalized spacial score (nSPS) is 10.3. The number of nitrogens with two attached hydrogens (primary N) is 1. The highest BCUT2D eigenvalue weighted by Gasteiger charge is 2.07. The summed E-state index contributed by atoms with van der Waals surface area (Å²) in [6, 6.07) is 5.33. The van der Waals surface area contributed by atoms with Crippen molar-refractivity contribution in [1.29, 1.82) is 0 Å². The van der Waals surface area contributed by atoms with E-state index < -0.39 is 0 Å². The van der Waals surface area contributed by atoms with Gasteiger partial charge in [0.15, 0.2) is 0 Å². The lowest BCUT2D eigenvalue weighted by Gasteiger charge is -2.11. The number of aryl methyl sites for hydroxylation is 1. The zero-order chi connectivity index (χ0) is 14.5. The number of amides is 1. The van der Waals surface area contributed by atoms with Crippen LogP contribution < -0.4 is 16.4 Å². The number of rotatable bonds is 5. The van der Waals surface area contributed by atoms with E-state index in [1.165, 1.54) is 11.1 Å². The van der Waals surface area contributed by atoms with Crippen molar-refractivity contribution < 1.29 is 4.79 Å². The molecule has 0 saturated heterocycles. The van der Waals surface area contributed by atoms with Gasteiger partial charge in [-0.15, -0.1) is 0 Å². The Balaban J connectivity index is 2.06. The lowest BCUT2D eigenvalue weighted by Crippen LogP contribution is -2.22. The molecule has 106 valence electrons. The van der Waals surface area contributed by atoms with Gasteiger partial charge in [-0.25, -0.2) is 0 Å². The molecule has 2 aromatic rings. The van der Waals surface area contributed by atoms with Gasteiger partial charge in [-0.05, 0) is 53.9 Å². The molecule has 5 heteroatoms. The lowest BCUT2D eigenvalue weighted by atomic mass is 10.1. The Morgan fingerprint density at radius 2 is 2.15 bits per heavy atom. The second kappa shape index (κ2) is 6.43. The van der Waals surface area contributed by atoms with Crippen LogP contribution in [-0.2, 0) is 6.54 Å². The van der Waals surface area contributed by atoms with Gasteiger partial charge >= 0.3 is 0 Å². The van der Waals surface area contributed by atoms with Crippen LogP contribution in [0.3, 0.4) is 0 Å². The van der Waals surface area contributed by atoms with E-state index in [1.807, 2.05) is 13.0 Å². The van der Waals surface area contributed by atoms with Crippen molar-refractivity contribution in [1.82, 2.24) is 5.32 Å². The number of benzene rings is 1. The first-order valence-electron chi connectivity index (χ1n) is 6.55. The first-order chi connectivity index (χ1) is 9.61. The van der Waals surface area contributed by atoms with Crippen molar-refractivity contribution in [3.63, 3.8) is 0 Å². The molecule has 0 atom stereocenters. The Morgan fingerprint density at radius 3 is 2.75 bits per heavy atom. The van der Waals surface area contributed by atoms with Gasteiger partial charge in [0, 0.05) is 18.7 Å². The van der Waals surface area contributed by atoms with Crippen LogP contribution in [0.2, 0.25) is 0 Å². The first kappa shape index (κ1) is 14.4. The van der Waals surface area contributed by atoms with Crippen LogP contribution in [0, 0.1) is 6.92 Å². The number of thiophene rings is 1. The Labute approximate surface area is 123 Å². The molecule has 4 N–H and O–H groups in total. The van der Waals surface area contributed by atoms with E-state index in [-0.39, 0.29) is 5.91 Å². The SMILES string of the molecule is CCNC(=O)c1ccc(NCc2cscc2C)c(N)c1. The minimum Gasteiger partial charge on any atom is -0.397 e. The van der Waals surface area contributed by atoms with Crippen LogP contribution in [0.1, 0.15) is 28.4 Å². The van der Waals surface area contributed by atoms with Gasteiger partial charge in [0.05, 0.1) is 11.4 Å². The molecule has 2 rings (SSSR count). The third-order valence-corrected chi connectivity index (χ3v) is 3.99. The Hall–Kier alpha value is -2.01. The fourth-order valence-corrected chi connectivity index (χ4v) is 2.74. The molecule has 0 aliphatic carbocycles. The van der Waals surface area contributed by atoms with E-state index in [4.69, 9.17) is 5.73 Å². The molecule has 4 nitrogen and oxygen atoms in total. The number of carbonyl (C=O) groups is 1. The second-order valence-electron chi connectivity index (χ2n) is 4.60. The summed E-state index contributed by atoms with van der Waals surface area (Å²) >= 11 is 1.69. The predicted molar refractivity (Wildman–Crippen MR) is 85.2 cm³/mol. The summed E-state index contributed by atoms with van der Waals surface area (Å²) < 4.78 is 0. The smallest absolute Gasteiger partial charge is 0.251 e. The molecule has 1 aromatic heterocycles. The molecule has 0 aliphatic heterocycles. The zero-order valence-electron chi connectivity index (χ0n) is 11.7. The number of anilines is 2. The van der Waals surface area contributed by atoms with E-state index in [0.29, 0.717) is 17.8 Å². The lowest BCUT2D eigenvalue weighted by molar-refractivity contribution is 0.0956. The van der Waals surface area contributed by atoms with Crippen LogP contribution in [0.5, 0.6) is 0 Å². The van der Waals surface area contributed by atoms with E-state index in [0.717, 1.165) is 12.2 Å². The maximum Gasteiger partial charge on any atom is 0.251 e. The molecule has 1 aromatic carbocycles. The molecular weight excluding hydrogens is 270 g/mol. The quantitative estimate of drug-likeness (QED) is 0.741. The molecule has 20 heavy (non-hydrogen) atoms. The van der Waals surface area contributed by atoms with Crippen molar-refractivity contribution in [2.75, 3.05) is 17.6 Å². The number of carbonyl (C=O) groups excluding carboxylic acids is 1. The molecule has 1 amide bonds. The molecule has 0 unspecified atom stereocenters. The van der Waals surface area contributed by atoms with E-state index in [9.17, 15) is 4.79 Å². The highest BCUT2D eigenvalue weighted by atomic mass is 32.1. The average molecular weight is 289 g/mol. The monoisotopic (exact) mass is 289 g/mol. The van der Waals surface area contributed by atoms with E-state index in [1.54, 1.807) is 23.5 Å². The van der Waals surface area contributed by atoms with Crippen LogP contribution in [0.15, 0.2) is 29.0 Å². The second-order valence-corrected chi connectivity index (χ2v) is 5.34. The van der Waals surface area contributed by atoms with E-state index in [2.05, 4.69) is 28.3 Å². The number of nitrogen functional groups attached to an aromatic ring is 1. The van der Waals surface area contributed by atoms with Gasteiger partial charge < -0.3 is 16.4 Å². The fraction of sp³-hybridized carbons (Fsp3) is 0.267. The topological polar surface area (TPSA) is 67.2 Å². The molecule has 0 spiro atoms. The molecule has 1 heterocycles. The van der Waals surface area contributed by atoms with Crippen molar-refractivity contribution in [2.45, 2.75) is 20.4 Å². The van der Waals surface area contributed by atoms with Crippen molar-refractivity contribution >= 4 is 28.6 Å². The highest BCUT2D eigenvalue weighted by Crippen LogP contribution is 2.22. The fourth-order valence-electron chi connectivity index (χ4n) is 1.89. The first-order valence-corrected chi connectivity index (χ1v) is 7.49. The number of nitrogens with one attached hydrogen (secondary N) is 2. The van der Waals surface area contributed by atoms with Crippen molar-refractivity contribution in [3.05, 3.63) is 45.6 Å². The van der Waals surface area contributed by atoms with Gasteiger partial charge in [-0.3, -0.25) is 4.79 Å². The standard InChI is InChI=1S/C15H19N3OS/c1-3-17-15(19)11-4-5-14(13(16)6-11)18-7-12-9-20-8-10(12)2/h4-6,8-9,18H,3,7,16H2,1-2H3,(H,17,19). The maximum atomic E-state index is 11.7. The Morgan fingerprint density at radius 1 is 1.35 bits per heavy atom. The molecule has 0 aliphatic rings. The van der Waals surface area contributed by atoms with Crippen LogP contribution in [0.25, 0.3) is 0 Å². The summed E-state index contributed by atoms with van der Waals surface area (Å²) in [5, 5.41) is 10.3. The molecule has 0 saturated carbocycles. The predicted octanol–water partition coefficient (Wildman–Crippen LogP) is 3.00. The minimum atomic E-state index is -0.0978. The zero-order valence-corrected chi connectivity index (χ0v) is 12.5. The summed E-state index contributed by atoms with van der Waals surface area (Å²) in [6.45, 7) is 5.33. The molecule has 0 bridgehead atoms. The van der Waals surface area contributed by atoms with Gasteiger partial charge in [-0.2, -0.15) is 11.3 Å². The Kier molecular flexibility index (Phi) is 4.63. The van der Waals surface area contributed by atoms with Gasteiger partial charge in [0.1, 0.15) is 0 Å². The third-order valence-electron chi connectivity index (χ3n) is 3.08. The van der Waals surface area contributed by atoms with Crippen molar-refractivity contribution in [3.8, 4) is 0 Å². The van der Waals surface area contributed by atoms with Crippen LogP contribution in [-0.4, -0.2) is 12.5 Å². The highest BCUT2D eigenvalue weighted by molar-refractivity contribution is 7.08. The van der Waals surface area contributed by atoms with E-state index >= 15 is 0 Å². The molecular formula is C15H19N3OS. The molecule has 0 fully saturated rings. The average Bonchev–Trinajstić information content (AvgIpc) is 2.83. The summed E-state index contributed by atoms with van der Waals surface area (Å²) in [7, 11) is 0. The van der Waals surface area contributed by atoms with Gasteiger partial charge in [0.25, 0.3) is 5.91 Å². The van der Waals surface area contributed by atoms with Crippen LogP contribution in [0.4, 0.5) is 11.4 Å². The summed E-state index contributed by atoms with van der Waals surface area (Å²) in [5.41, 5.74) is 10.6. The molecule has 0 radical (unpaired) electrons. The summed E-state index contributed by atoms with van der Waals surface area (Å²) in [5.74, 6) is -0.0978. The Bertz CT molecular complexity index is 607. The number of hydrogen-bond donors (Lipinski definition) is 3. The van der Waals surface area contributed by atoms with Crippen molar-refractivity contribution in [2.24, 2.45) is 0 Å². The minimum absolute atomic E-state index is 0.0978. The van der Waals surface area contributed by atoms with Crippen LogP contribution >= 0.6 is 11.3 Å². The summed E-state index contributed by atoms with van der Waals surface area (Å²) in [6.07, 6.45) is 0. The maximum absolute atomic E-state index is 11.7.